The van der Waals surface area contributed by atoms with Crippen molar-refractivity contribution >= 4 is 0 Å². The van der Waals surface area contributed by atoms with Crippen LogP contribution in [0.25, 0.3) is 0 Å². The van der Waals surface area contributed by atoms with Crippen LogP contribution in [0.15, 0.2) is 18.2 Å². The molecule has 1 atom stereocenters. The molecule has 1 aromatic carbocycles. The van der Waals surface area contributed by atoms with Gasteiger partial charge in [0.15, 0.2) is 0 Å². The number of para-hydroxylation sites is 1. The smallest absolute Gasteiger partial charge is 0.127 e. The van der Waals surface area contributed by atoms with Gasteiger partial charge in [-0.1, -0.05) is 32.0 Å². The molecule has 0 bridgehead atoms. The third kappa shape index (κ3) is 2.61. The molecule has 94 valence electrons. The first kappa shape index (κ1) is 12.4. The highest BCUT2D eigenvalue weighted by Gasteiger charge is 2.22. The Morgan fingerprint density at radius 1 is 1.41 bits per heavy atom. The summed E-state index contributed by atoms with van der Waals surface area (Å²) in [7, 11) is 1.66. The standard InChI is InChI=1S/C14H21NO2/c1-10(2)11-6-4-7-12-13(15-16-3)8-5-9-17-14(11)12/h4,6-7,10,13,15H,5,8-9H2,1-3H3. The van der Waals surface area contributed by atoms with Crippen molar-refractivity contribution in [2.45, 2.75) is 38.6 Å². The van der Waals surface area contributed by atoms with Gasteiger partial charge in [-0.3, -0.25) is 0 Å². The molecule has 1 N–H and O–H groups in total. The van der Waals surface area contributed by atoms with Gasteiger partial charge in [-0.05, 0) is 24.3 Å². The summed E-state index contributed by atoms with van der Waals surface area (Å²) >= 11 is 0. The Morgan fingerprint density at radius 2 is 2.24 bits per heavy atom. The molecule has 0 saturated heterocycles. The summed E-state index contributed by atoms with van der Waals surface area (Å²) in [6.07, 6.45) is 2.09. The highest BCUT2D eigenvalue weighted by atomic mass is 16.6. The topological polar surface area (TPSA) is 30.5 Å². The molecule has 0 aromatic heterocycles. The monoisotopic (exact) mass is 235 g/mol. The molecule has 1 aliphatic rings. The van der Waals surface area contributed by atoms with Gasteiger partial charge in [0.25, 0.3) is 0 Å². The molecular weight excluding hydrogens is 214 g/mol. The quantitative estimate of drug-likeness (QED) is 0.816. The van der Waals surface area contributed by atoms with E-state index < -0.39 is 0 Å². The molecular formula is C14H21NO2. The minimum atomic E-state index is 0.233. The number of benzene rings is 1. The van der Waals surface area contributed by atoms with Crippen molar-refractivity contribution in [2.24, 2.45) is 0 Å². The van der Waals surface area contributed by atoms with Crippen molar-refractivity contribution in [1.29, 1.82) is 0 Å². The molecule has 1 aromatic rings. The fourth-order valence-electron chi connectivity index (χ4n) is 2.35. The van der Waals surface area contributed by atoms with Crippen molar-refractivity contribution in [3.8, 4) is 5.75 Å². The van der Waals surface area contributed by atoms with Crippen molar-refractivity contribution < 1.29 is 9.57 Å². The zero-order chi connectivity index (χ0) is 12.3. The van der Waals surface area contributed by atoms with Crippen LogP contribution >= 0.6 is 0 Å². The molecule has 3 heteroatoms. The molecule has 0 radical (unpaired) electrons. The second-order valence-corrected chi connectivity index (χ2v) is 4.79. The first-order chi connectivity index (χ1) is 8.24. The minimum absolute atomic E-state index is 0.233. The number of rotatable bonds is 3. The molecule has 0 amide bonds. The van der Waals surface area contributed by atoms with Crippen LogP contribution in [0.2, 0.25) is 0 Å². The number of fused-ring (bicyclic) bond motifs is 1. The summed E-state index contributed by atoms with van der Waals surface area (Å²) in [5, 5.41) is 0. The number of hydroxylamine groups is 1. The van der Waals surface area contributed by atoms with Gasteiger partial charge in [0, 0.05) is 5.56 Å². The first-order valence-corrected chi connectivity index (χ1v) is 6.28. The normalized spacial score (nSPS) is 19.6. The summed E-state index contributed by atoms with van der Waals surface area (Å²) in [5.74, 6) is 1.53. The lowest BCUT2D eigenvalue weighted by Gasteiger charge is -2.20. The highest BCUT2D eigenvalue weighted by Crippen LogP contribution is 2.37. The van der Waals surface area contributed by atoms with Gasteiger partial charge in [0.05, 0.1) is 19.8 Å². The van der Waals surface area contributed by atoms with E-state index in [4.69, 9.17) is 9.57 Å². The molecule has 1 unspecified atom stereocenters. The zero-order valence-corrected chi connectivity index (χ0v) is 10.8. The molecule has 1 heterocycles. The van der Waals surface area contributed by atoms with Crippen LogP contribution in [0.1, 0.15) is 49.8 Å². The summed E-state index contributed by atoms with van der Waals surface area (Å²) in [4.78, 5) is 5.09. The SMILES string of the molecule is CONC1CCCOc2c(C(C)C)cccc21. The lowest BCUT2D eigenvalue weighted by molar-refractivity contribution is 0.0579. The highest BCUT2D eigenvalue weighted by molar-refractivity contribution is 5.45. The maximum atomic E-state index is 5.92. The Kier molecular flexibility index (Phi) is 4.02. The van der Waals surface area contributed by atoms with Crippen LogP contribution in [-0.2, 0) is 4.84 Å². The fourth-order valence-corrected chi connectivity index (χ4v) is 2.35. The summed E-state index contributed by atoms with van der Waals surface area (Å²) in [6, 6.07) is 6.62. The number of hydrogen-bond donors (Lipinski definition) is 1. The van der Waals surface area contributed by atoms with Gasteiger partial charge >= 0.3 is 0 Å². The van der Waals surface area contributed by atoms with Crippen LogP contribution in [0.3, 0.4) is 0 Å². The molecule has 0 fully saturated rings. The molecule has 0 aliphatic carbocycles. The van der Waals surface area contributed by atoms with E-state index in [1.165, 1.54) is 11.1 Å². The van der Waals surface area contributed by atoms with Gasteiger partial charge in [-0.2, -0.15) is 5.48 Å². The van der Waals surface area contributed by atoms with Crippen LogP contribution < -0.4 is 10.2 Å². The maximum Gasteiger partial charge on any atom is 0.127 e. The van der Waals surface area contributed by atoms with E-state index in [9.17, 15) is 0 Å². The van der Waals surface area contributed by atoms with Crippen LogP contribution in [0, 0.1) is 0 Å². The van der Waals surface area contributed by atoms with Crippen LogP contribution in [0.5, 0.6) is 5.75 Å². The van der Waals surface area contributed by atoms with Gasteiger partial charge in [0.1, 0.15) is 5.75 Å². The maximum absolute atomic E-state index is 5.92. The predicted molar refractivity (Wildman–Crippen MR) is 68.1 cm³/mol. The largest absolute Gasteiger partial charge is 0.493 e. The van der Waals surface area contributed by atoms with E-state index in [-0.39, 0.29) is 6.04 Å². The van der Waals surface area contributed by atoms with Crippen molar-refractivity contribution in [2.75, 3.05) is 13.7 Å². The minimum Gasteiger partial charge on any atom is -0.493 e. The van der Waals surface area contributed by atoms with Crippen molar-refractivity contribution in [3.63, 3.8) is 0 Å². The summed E-state index contributed by atoms with van der Waals surface area (Å²) in [5.41, 5.74) is 5.57. The second kappa shape index (κ2) is 5.52. The zero-order valence-electron chi connectivity index (χ0n) is 10.8. The van der Waals surface area contributed by atoms with E-state index >= 15 is 0 Å². The van der Waals surface area contributed by atoms with E-state index in [1.807, 2.05) is 0 Å². The Balaban J connectivity index is 2.41. The number of nitrogens with one attached hydrogen (secondary N) is 1. The van der Waals surface area contributed by atoms with Gasteiger partial charge in [0.2, 0.25) is 0 Å². The first-order valence-electron chi connectivity index (χ1n) is 6.28. The number of hydrogen-bond acceptors (Lipinski definition) is 3. The van der Waals surface area contributed by atoms with E-state index in [0.717, 1.165) is 25.2 Å². The summed E-state index contributed by atoms with van der Waals surface area (Å²) in [6.45, 7) is 5.18. The lowest BCUT2D eigenvalue weighted by Crippen LogP contribution is -2.19. The molecule has 2 rings (SSSR count). The summed E-state index contributed by atoms with van der Waals surface area (Å²) < 4.78 is 5.92. The average molecular weight is 235 g/mol. The Bertz CT molecular complexity index is 376. The second-order valence-electron chi connectivity index (χ2n) is 4.79. The Hall–Kier alpha value is -1.06. The molecule has 3 nitrogen and oxygen atoms in total. The van der Waals surface area contributed by atoms with Crippen molar-refractivity contribution in [1.82, 2.24) is 5.48 Å². The van der Waals surface area contributed by atoms with Crippen molar-refractivity contribution in [3.05, 3.63) is 29.3 Å². The van der Waals surface area contributed by atoms with Gasteiger partial charge in [-0.15, -0.1) is 0 Å². The average Bonchev–Trinajstić information content (AvgIpc) is 2.52. The fraction of sp³-hybridized carbons (Fsp3) is 0.571. The number of ether oxygens (including phenoxy) is 1. The lowest BCUT2D eigenvalue weighted by atomic mass is 9.95. The predicted octanol–water partition coefficient (Wildman–Crippen LogP) is 3.17. The van der Waals surface area contributed by atoms with E-state index in [1.54, 1.807) is 7.11 Å². The van der Waals surface area contributed by atoms with E-state index in [2.05, 4.69) is 37.5 Å². The van der Waals surface area contributed by atoms with Gasteiger partial charge < -0.3 is 9.57 Å². The van der Waals surface area contributed by atoms with Crippen LogP contribution in [-0.4, -0.2) is 13.7 Å². The van der Waals surface area contributed by atoms with Crippen LogP contribution in [0.4, 0.5) is 0 Å². The third-order valence-electron chi connectivity index (χ3n) is 3.22. The third-order valence-corrected chi connectivity index (χ3v) is 3.22. The Morgan fingerprint density at radius 3 is 2.94 bits per heavy atom. The van der Waals surface area contributed by atoms with E-state index in [0.29, 0.717) is 5.92 Å². The van der Waals surface area contributed by atoms with Gasteiger partial charge in [-0.25, -0.2) is 0 Å². The molecule has 17 heavy (non-hydrogen) atoms. The molecule has 0 saturated carbocycles. The Labute approximate surface area is 103 Å². The molecule has 1 aliphatic heterocycles. The molecule has 0 spiro atoms.